The second-order valence-corrected chi connectivity index (χ2v) is 6.81. The van der Waals surface area contributed by atoms with Crippen molar-refractivity contribution in [1.29, 1.82) is 0 Å². The molecule has 1 aliphatic carbocycles. The van der Waals surface area contributed by atoms with Gasteiger partial charge in [0.1, 0.15) is 5.75 Å². The zero-order valence-electron chi connectivity index (χ0n) is 12.1. The molecule has 0 aliphatic heterocycles. The Morgan fingerprint density at radius 1 is 1.24 bits per heavy atom. The lowest BCUT2D eigenvalue weighted by Gasteiger charge is -2.20. The minimum Gasteiger partial charge on any atom is -0.497 e. The molecule has 2 nitrogen and oxygen atoms in total. The quantitative estimate of drug-likeness (QED) is 0.906. The highest BCUT2D eigenvalue weighted by Gasteiger charge is 2.32. The van der Waals surface area contributed by atoms with Crippen molar-refractivity contribution < 1.29 is 4.74 Å². The molecule has 0 radical (unpaired) electrons. The van der Waals surface area contributed by atoms with Crippen LogP contribution in [-0.4, -0.2) is 19.4 Å². The largest absolute Gasteiger partial charge is 0.497 e. The van der Waals surface area contributed by atoms with Gasteiger partial charge in [-0.3, -0.25) is 0 Å². The minimum atomic E-state index is 0.316. The van der Waals surface area contributed by atoms with E-state index in [0.717, 1.165) is 22.1 Å². The Hall–Kier alpha value is -1.16. The molecular formula is C17H18ClNOS. The fraction of sp³-hybridized carbons (Fsp3) is 0.294. The fourth-order valence-electron chi connectivity index (χ4n) is 2.86. The predicted octanol–water partition coefficient (Wildman–Crippen LogP) is 4.33. The Labute approximate surface area is 134 Å². The number of methoxy groups -OCH3 is 1. The summed E-state index contributed by atoms with van der Waals surface area (Å²) in [6.45, 7) is 0. The summed E-state index contributed by atoms with van der Waals surface area (Å²) in [4.78, 5) is 1.14. The van der Waals surface area contributed by atoms with E-state index in [4.69, 9.17) is 16.3 Å². The molecule has 110 valence electrons. The van der Waals surface area contributed by atoms with Gasteiger partial charge in [0.25, 0.3) is 0 Å². The number of fused-ring (bicyclic) bond motifs is 1. The normalized spacial score (nSPS) is 20.3. The molecule has 2 unspecified atom stereocenters. The van der Waals surface area contributed by atoms with Crippen LogP contribution in [-0.2, 0) is 6.42 Å². The van der Waals surface area contributed by atoms with Crippen LogP contribution in [0.15, 0.2) is 47.4 Å². The summed E-state index contributed by atoms with van der Waals surface area (Å²) in [6.07, 6.45) is 1.04. The van der Waals surface area contributed by atoms with Crippen LogP contribution in [0.2, 0.25) is 5.02 Å². The first-order chi connectivity index (χ1) is 10.2. The lowest BCUT2D eigenvalue weighted by Crippen LogP contribution is -2.23. The Morgan fingerprint density at radius 3 is 2.76 bits per heavy atom. The molecule has 2 aromatic carbocycles. The van der Waals surface area contributed by atoms with Crippen LogP contribution in [0.25, 0.3) is 0 Å². The third-order valence-corrected chi connectivity index (χ3v) is 5.70. The number of benzene rings is 2. The number of halogens is 1. The maximum Gasteiger partial charge on any atom is 0.119 e. The van der Waals surface area contributed by atoms with Crippen molar-refractivity contribution in [3.05, 3.63) is 58.6 Å². The molecule has 0 heterocycles. The van der Waals surface area contributed by atoms with Crippen molar-refractivity contribution in [1.82, 2.24) is 5.32 Å². The summed E-state index contributed by atoms with van der Waals surface area (Å²) in [5, 5.41) is 4.71. The van der Waals surface area contributed by atoms with Gasteiger partial charge >= 0.3 is 0 Å². The number of ether oxygens (including phenoxy) is 1. The molecule has 0 bridgehead atoms. The average molecular weight is 320 g/mol. The molecule has 0 spiro atoms. The van der Waals surface area contributed by atoms with Gasteiger partial charge in [-0.1, -0.05) is 29.8 Å². The molecule has 0 fully saturated rings. The van der Waals surface area contributed by atoms with Gasteiger partial charge in [0.15, 0.2) is 0 Å². The number of nitrogens with one attached hydrogen (secondary N) is 1. The van der Waals surface area contributed by atoms with Crippen LogP contribution in [0.4, 0.5) is 0 Å². The first-order valence-electron chi connectivity index (χ1n) is 6.98. The Bertz CT molecular complexity index is 646. The van der Waals surface area contributed by atoms with Gasteiger partial charge in [-0.2, -0.15) is 0 Å². The van der Waals surface area contributed by atoms with E-state index in [2.05, 4.69) is 23.5 Å². The second kappa shape index (κ2) is 6.30. The number of thioether (sulfide) groups is 1. The molecule has 1 aliphatic rings. The Kier molecular flexibility index (Phi) is 4.43. The summed E-state index contributed by atoms with van der Waals surface area (Å²) in [6, 6.07) is 14.7. The molecule has 21 heavy (non-hydrogen) atoms. The van der Waals surface area contributed by atoms with Gasteiger partial charge in [-0.15, -0.1) is 11.8 Å². The van der Waals surface area contributed by atoms with Crippen molar-refractivity contribution in [2.75, 3.05) is 14.2 Å². The standard InChI is InChI=1S/C17H18ClNOS/c1-19-17-13-10-12(20-2)8-7-11(13)9-16(17)21-15-6-4-3-5-14(15)18/h3-8,10,16-17,19H,9H2,1-2H3. The number of hydrogen-bond acceptors (Lipinski definition) is 3. The van der Waals surface area contributed by atoms with E-state index in [-0.39, 0.29) is 0 Å². The van der Waals surface area contributed by atoms with Gasteiger partial charge in [-0.25, -0.2) is 0 Å². The van der Waals surface area contributed by atoms with Crippen molar-refractivity contribution in [2.45, 2.75) is 22.6 Å². The van der Waals surface area contributed by atoms with Gasteiger partial charge in [0, 0.05) is 16.2 Å². The summed E-state index contributed by atoms with van der Waals surface area (Å²) >= 11 is 8.14. The highest BCUT2D eigenvalue weighted by molar-refractivity contribution is 8.00. The van der Waals surface area contributed by atoms with Crippen LogP contribution >= 0.6 is 23.4 Å². The number of rotatable bonds is 4. The highest BCUT2D eigenvalue weighted by Crippen LogP contribution is 2.43. The van der Waals surface area contributed by atoms with E-state index in [1.165, 1.54) is 11.1 Å². The minimum absolute atomic E-state index is 0.316. The van der Waals surface area contributed by atoms with Crippen molar-refractivity contribution >= 4 is 23.4 Å². The predicted molar refractivity (Wildman–Crippen MR) is 89.6 cm³/mol. The van der Waals surface area contributed by atoms with E-state index >= 15 is 0 Å². The first-order valence-corrected chi connectivity index (χ1v) is 8.24. The molecule has 0 saturated heterocycles. The molecule has 3 rings (SSSR count). The fourth-order valence-corrected chi connectivity index (χ4v) is 4.48. The summed E-state index contributed by atoms with van der Waals surface area (Å²) in [5.41, 5.74) is 2.72. The maximum absolute atomic E-state index is 6.29. The topological polar surface area (TPSA) is 21.3 Å². The van der Waals surface area contributed by atoms with Gasteiger partial charge in [-0.05, 0) is 48.9 Å². The van der Waals surface area contributed by atoms with Crippen LogP contribution < -0.4 is 10.1 Å². The molecule has 1 N–H and O–H groups in total. The molecule has 0 saturated carbocycles. The molecule has 2 atom stereocenters. The molecular weight excluding hydrogens is 302 g/mol. The van der Waals surface area contributed by atoms with E-state index < -0.39 is 0 Å². The van der Waals surface area contributed by atoms with E-state index in [0.29, 0.717) is 11.3 Å². The number of hydrogen-bond donors (Lipinski definition) is 1. The van der Waals surface area contributed by atoms with Crippen molar-refractivity contribution in [3.63, 3.8) is 0 Å². The Morgan fingerprint density at radius 2 is 2.05 bits per heavy atom. The highest BCUT2D eigenvalue weighted by atomic mass is 35.5. The lowest BCUT2D eigenvalue weighted by molar-refractivity contribution is 0.413. The molecule has 4 heteroatoms. The smallest absolute Gasteiger partial charge is 0.119 e. The summed E-state index contributed by atoms with van der Waals surface area (Å²) < 4.78 is 5.35. The Balaban J connectivity index is 1.87. The van der Waals surface area contributed by atoms with E-state index in [1.54, 1.807) is 7.11 Å². The third kappa shape index (κ3) is 2.91. The zero-order chi connectivity index (χ0) is 14.8. The van der Waals surface area contributed by atoms with Gasteiger partial charge in [0.05, 0.1) is 12.1 Å². The third-order valence-electron chi connectivity index (χ3n) is 3.91. The average Bonchev–Trinajstić information content (AvgIpc) is 2.85. The van der Waals surface area contributed by atoms with Crippen LogP contribution in [0.5, 0.6) is 5.75 Å². The van der Waals surface area contributed by atoms with E-state index in [9.17, 15) is 0 Å². The zero-order valence-corrected chi connectivity index (χ0v) is 13.7. The monoisotopic (exact) mass is 319 g/mol. The molecule has 0 aromatic heterocycles. The first kappa shape index (κ1) is 14.8. The molecule has 0 amide bonds. The lowest BCUT2D eigenvalue weighted by atomic mass is 10.1. The van der Waals surface area contributed by atoms with Crippen molar-refractivity contribution in [2.24, 2.45) is 0 Å². The summed E-state index contributed by atoms with van der Waals surface area (Å²) in [7, 11) is 3.72. The van der Waals surface area contributed by atoms with Gasteiger partial charge < -0.3 is 10.1 Å². The van der Waals surface area contributed by atoms with Crippen molar-refractivity contribution in [3.8, 4) is 5.75 Å². The second-order valence-electron chi connectivity index (χ2n) is 5.12. The van der Waals surface area contributed by atoms with Crippen LogP contribution in [0.1, 0.15) is 17.2 Å². The SMILES string of the molecule is CNC1c2cc(OC)ccc2CC1Sc1ccccc1Cl. The van der Waals surface area contributed by atoms with Crippen LogP contribution in [0, 0.1) is 0 Å². The van der Waals surface area contributed by atoms with Crippen LogP contribution in [0.3, 0.4) is 0 Å². The summed E-state index contributed by atoms with van der Waals surface area (Å²) in [5.74, 6) is 0.914. The van der Waals surface area contributed by atoms with E-state index in [1.807, 2.05) is 43.1 Å². The van der Waals surface area contributed by atoms with Gasteiger partial charge in [0.2, 0.25) is 0 Å². The maximum atomic E-state index is 6.29. The molecule has 2 aromatic rings.